The molecule has 2 atom stereocenters. The standard InChI is InChI=1S/C15H17BrN2O3S2/c1-3-14(19)17-15-18(10-4-5-11(16)9(2)6-10)12-7-23(20,21)8-13(12)22-15/h4-6,12-13H,3,7-8H2,1-2H3. The molecule has 1 aromatic rings. The summed E-state index contributed by atoms with van der Waals surface area (Å²) in [5, 5.41) is 0.552. The van der Waals surface area contributed by atoms with Gasteiger partial charge < -0.3 is 4.90 Å². The molecule has 0 bridgehead atoms. The average molecular weight is 417 g/mol. The van der Waals surface area contributed by atoms with Crippen molar-refractivity contribution < 1.29 is 13.2 Å². The molecule has 0 spiro atoms. The van der Waals surface area contributed by atoms with Gasteiger partial charge in [-0.25, -0.2) is 8.42 Å². The van der Waals surface area contributed by atoms with E-state index in [-0.39, 0.29) is 28.7 Å². The van der Waals surface area contributed by atoms with Crippen LogP contribution < -0.4 is 4.90 Å². The van der Waals surface area contributed by atoms with Crippen molar-refractivity contribution in [2.24, 2.45) is 4.99 Å². The van der Waals surface area contributed by atoms with Crippen LogP contribution in [0.2, 0.25) is 0 Å². The van der Waals surface area contributed by atoms with E-state index in [0.29, 0.717) is 11.6 Å². The van der Waals surface area contributed by atoms with Crippen LogP contribution in [0.15, 0.2) is 27.7 Å². The first-order valence-electron chi connectivity index (χ1n) is 7.34. The van der Waals surface area contributed by atoms with E-state index in [9.17, 15) is 13.2 Å². The first kappa shape index (κ1) is 17.0. The van der Waals surface area contributed by atoms with Gasteiger partial charge in [-0.1, -0.05) is 34.6 Å². The Morgan fingerprint density at radius 1 is 1.43 bits per heavy atom. The van der Waals surface area contributed by atoms with Gasteiger partial charge in [-0.3, -0.25) is 4.79 Å². The maximum atomic E-state index is 12.0. The van der Waals surface area contributed by atoms with Crippen LogP contribution in [0.3, 0.4) is 0 Å². The number of nitrogens with zero attached hydrogens (tertiary/aromatic N) is 2. The van der Waals surface area contributed by atoms with Gasteiger partial charge in [0.2, 0.25) is 5.91 Å². The number of amides is 1. The maximum Gasteiger partial charge on any atom is 0.247 e. The van der Waals surface area contributed by atoms with Crippen LogP contribution in [-0.4, -0.2) is 42.3 Å². The van der Waals surface area contributed by atoms with E-state index in [1.54, 1.807) is 6.92 Å². The zero-order valence-corrected chi connectivity index (χ0v) is 16.0. The molecule has 0 N–H and O–H groups in total. The van der Waals surface area contributed by atoms with E-state index in [2.05, 4.69) is 20.9 Å². The van der Waals surface area contributed by atoms with E-state index in [1.165, 1.54) is 11.8 Å². The molecule has 1 aromatic carbocycles. The third kappa shape index (κ3) is 3.34. The first-order valence-corrected chi connectivity index (χ1v) is 10.8. The third-order valence-electron chi connectivity index (χ3n) is 4.01. The summed E-state index contributed by atoms with van der Waals surface area (Å²) in [5.74, 6) is 0.0708. The van der Waals surface area contributed by atoms with Gasteiger partial charge in [0.05, 0.1) is 17.5 Å². The molecule has 2 aliphatic heterocycles. The van der Waals surface area contributed by atoms with Crippen LogP contribution in [-0.2, 0) is 14.6 Å². The Labute approximate surface area is 148 Å². The fourth-order valence-electron chi connectivity index (χ4n) is 2.83. The number of fused-ring (bicyclic) bond motifs is 1. The van der Waals surface area contributed by atoms with Gasteiger partial charge in [-0.05, 0) is 30.7 Å². The number of benzene rings is 1. The summed E-state index contributed by atoms with van der Waals surface area (Å²) in [7, 11) is -3.03. The highest BCUT2D eigenvalue weighted by Crippen LogP contribution is 2.41. The number of aryl methyl sites for hydroxylation is 1. The van der Waals surface area contributed by atoms with Crippen molar-refractivity contribution in [1.29, 1.82) is 0 Å². The van der Waals surface area contributed by atoms with Gasteiger partial charge in [0.25, 0.3) is 0 Å². The highest BCUT2D eigenvalue weighted by molar-refractivity contribution is 9.10. The molecule has 2 fully saturated rings. The molecule has 1 amide bonds. The first-order chi connectivity index (χ1) is 10.8. The van der Waals surface area contributed by atoms with Crippen molar-refractivity contribution in [3.8, 4) is 0 Å². The Morgan fingerprint density at radius 3 is 2.83 bits per heavy atom. The van der Waals surface area contributed by atoms with Crippen molar-refractivity contribution in [3.63, 3.8) is 0 Å². The number of thioether (sulfide) groups is 1. The molecule has 2 saturated heterocycles. The quantitative estimate of drug-likeness (QED) is 0.741. The number of anilines is 1. The zero-order chi connectivity index (χ0) is 16.8. The smallest absolute Gasteiger partial charge is 0.247 e. The number of carbonyl (C=O) groups excluding carboxylic acids is 1. The van der Waals surface area contributed by atoms with Crippen LogP contribution >= 0.6 is 27.7 Å². The number of hydrogen-bond acceptors (Lipinski definition) is 4. The molecular weight excluding hydrogens is 400 g/mol. The topological polar surface area (TPSA) is 66.8 Å². The lowest BCUT2D eigenvalue weighted by Crippen LogP contribution is -2.37. The van der Waals surface area contributed by atoms with E-state index in [4.69, 9.17) is 0 Å². The molecule has 0 saturated carbocycles. The van der Waals surface area contributed by atoms with Gasteiger partial charge in [0.15, 0.2) is 15.0 Å². The minimum Gasteiger partial charge on any atom is -0.316 e. The van der Waals surface area contributed by atoms with Crippen LogP contribution in [0.4, 0.5) is 5.69 Å². The molecule has 2 heterocycles. The minimum absolute atomic E-state index is 0.0626. The van der Waals surface area contributed by atoms with Crippen LogP contribution in [0.25, 0.3) is 0 Å². The number of carbonyl (C=O) groups is 1. The Morgan fingerprint density at radius 2 is 2.17 bits per heavy atom. The average Bonchev–Trinajstić information content (AvgIpc) is 2.93. The molecule has 3 rings (SSSR count). The Bertz CT molecular complexity index is 792. The van der Waals surface area contributed by atoms with Crippen LogP contribution in [0, 0.1) is 6.92 Å². The zero-order valence-electron chi connectivity index (χ0n) is 12.8. The highest BCUT2D eigenvalue weighted by Gasteiger charge is 2.49. The molecule has 8 heteroatoms. The number of halogens is 1. The van der Waals surface area contributed by atoms with Crippen molar-refractivity contribution in [2.75, 3.05) is 16.4 Å². The summed E-state index contributed by atoms with van der Waals surface area (Å²) >= 11 is 4.88. The summed E-state index contributed by atoms with van der Waals surface area (Å²) in [6.07, 6.45) is 0.338. The van der Waals surface area contributed by atoms with E-state index >= 15 is 0 Å². The molecule has 124 valence electrons. The molecule has 0 aromatic heterocycles. The predicted octanol–water partition coefficient (Wildman–Crippen LogP) is 2.77. The number of rotatable bonds is 2. The minimum atomic E-state index is -3.03. The second-order valence-electron chi connectivity index (χ2n) is 5.75. The van der Waals surface area contributed by atoms with Crippen molar-refractivity contribution in [2.45, 2.75) is 31.6 Å². The molecule has 5 nitrogen and oxygen atoms in total. The highest BCUT2D eigenvalue weighted by atomic mass is 79.9. The van der Waals surface area contributed by atoms with Gasteiger partial charge in [0, 0.05) is 21.8 Å². The van der Waals surface area contributed by atoms with Crippen molar-refractivity contribution in [3.05, 3.63) is 28.2 Å². The normalized spacial score (nSPS) is 27.4. The van der Waals surface area contributed by atoms with Crippen LogP contribution in [0.1, 0.15) is 18.9 Å². The van der Waals surface area contributed by atoms with Gasteiger partial charge in [-0.15, -0.1) is 0 Å². The van der Waals surface area contributed by atoms with E-state index in [1.807, 2.05) is 30.0 Å². The van der Waals surface area contributed by atoms with Crippen LogP contribution in [0.5, 0.6) is 0 Å². The van der Waals surface area contributed by atoms with Crippen molar-refractivity contribution in [1.82, 2.24) is 0 Å². The Balaban J connectivity index is 2.04. The molecule has 0 radical (unpaired) electrons. The number of hydrogen-bond donors (Lipinski definition) is 0. The second kappa shape index (κ2) is 6.22. The lowest BCUT2D eigenvalue weighted by Gasteiger charge is -2.25. The second-order valence-corrected chi connectivity index (χ2v) is 9.96. The van der Waals surface area contributed by atoms with E-state index < -0.39 is 9.84 Å². The molecule has 2 unspecified atom stereocenters. The molecule has 2 aliphatic rings. The predicted molar refractivity (Wildman–Crippen MR) is 97.9 cm³/mol. The molecule has 0 aliphatic carbocycles. The Kier molecular flexibility index (Phi) is 4.59. The number of amidine groups is 1. The monoisotopic (exact) mass is 416 g/mol. The lowest BCUT2D eigenvalue weighted by atomic mass is 10.1. The van der Waals surface area contributed by atoms with Crippen molar-refractivity contribution >= 4 is 54.3 Å². The summed E-state index contributed by atoms with van der Waals surface area (Å²) in [5.41, 5.74) is 1.93. The number of sulfone groups is 1. The summed E-state index contributed by atoms with van der Waals surface area (Å²) < 4.78 is 24.9. The maximum absolute atomic E-state index is 12.0. The largest absolute Gasteiger partial charge is 0.316 e. The van der Waals surface area contributed by atoms with Gasteiger partial charge in [0.1, 0.15) is 0 Å². The SMILES string of the molecule is CCC(=O)N=C1SC2CS(=O)(=O)CC2N1c1ccc(Br)c(C)c1. The Hall–Kier alpha value is -0.860. The fraction of sp³-hybridized carbons (Fsp3) is 0.467. The van der Waals surface area contributed by atoms with E-state index in [0.717, 1.165) is 15.7 Å². The number of aliphatic imine (C=N–C) groups is 1. The fourth-order valence-corrected chi connectivity index (χ4v) is 7.01. The molecule has 23 heavy (non-hydrogen) atoms. The third-order valence-corrected chi connectivity index (χ3v) is 8.11. The van der Waals surface area contributed by atoms with Gasteiger partial charge >= 0.3 is 0 Å². The summed E-state index contributed by atoms with van der Waals surface area (Å²) in [4.78, 5) is 17.9. The summed E-state index contributed by atoms with van der Waals surface area (Å²) in [6.45, 7) is 3.75. The molecular formula is C15H17BrN2O3S2. The van der Waals surface area contributed by atoms with Gasteiger partial charge in [-0.2, -0.15) is 4.99 Å². The lowest BCUT2D eigenvalue weighted by molar-refractivity contribution is -0.117. The summed E-state index contributed by atoms with van der Waals surface area (Å²) in [6, 6.07) is 5.70.